The Bertz CT molecular complexity index is 4220. The van der Waals surface area contributed by atoms with E-state index < -0.39 is 5.41 Å². The van der Waals surface area contributed by atoms with E-state index in [0.29, 0.717) is 74.4 Å². The number of piperidine rings is 1. The molecule has 29 nitrogen and oxygen atoms in total. The molecule has 6 aliphatic heterocycles. The van der Waals surface area contributed by atoms with E-state index in [1.165, 1.54) is 38.9 Å². The van der Waals surface area contributed by atoms with Gasteiger partial charge < -0.3 is 40.4 Å². The standard InChI is InChI=1S/C27H35N9O.C26H32N8O.C25H31N9O/c1-27(2,18-34-8-7-23-24(17-34)32-33-31-23)25(37)36-11-9-35(10-12-36)22-15-28-26(29-16-22)30-21-13-19-5-3-4-6-20(19)14-21;35-25(8-10-33-9-7-23-24(17-33)31-32-30-23)34-11-5-18(6-12-34)21-15-27-26(28-16-21)29-22-13-19-3-1-2-4-20(19)14-22;35-24(6-8-32-7-5-22-23(17-32)30-31-29-22)34-11-9-33(10-12-34)21-15-26-25(27-16-21)28-20-13-18-3-1-2-4-19(18)14-20/h3-6,15-16,21H,7-14,17-18H2,1-2H3,(H,28,29,30)(H,31,32,33);1-4,15-16,18,22H,5-14,17H2,(H,27,28,29)(H,30,31,32);1-4,15-16,20H,5-14,17H2,(H,26,27,28)(H,29,30,31). The second kappa shape index (κ2) is 32.4. The maximum absolute atomic E-state index is 13.4. The molecule has 3 fully saturated rings. The number of piperazine rings is 2. The molecular formula is C78H98N26O3. The van der Waals surface area contributed by atoms with Gasteiger partial charge in [-0.15, -0.1) is 0 Å². The fourth-order valence-electron chi connectivity index (χ4n) is 17.0. The summed E-state index contributed by atoms with van der Waals surface area (Å²) >= 11 is 0. The van der Waals surface area contributed by atoms with Gasteiger partial charge in [0.2, 0.25) is 35.6 Å². The van der Waals surface area contributed by atoms with Gasteiger partial charge in [-0.05, 0) is 110 Å². The minimum atomic E-state index is -0.459. The SMILES string of the molecule is CC(C)(CN1CCc2n[nH]nc2C1)C(=O)N1CCN(c2cnc(NC3Cc4ccccc4C3)nc2)CC1.O=C(CCN1CCc2n[nH]nc2C1)N1CCC(c2cnc(NC3Cc4ccccc4C3)nc2)CC1.O=C(CCN1CCc2n[nH]nc2C1)N1CCN(c2cnc(NC3Cc4ccccc4C3)nc2)CC1. The molecule has 0 spiro atoms. The number of hydrogen-bond acceptors (Lipinski definition) is 23. The van der Waals surface area contributed by atoms with Crippen molar-refractivity contribution in [2.75, 3.05) is 130 Å². The molecule has 3 aliphatic carbocycles. The van der Waals surface area contributed by atoms with Gasteiger partial charge in [0.25, 0.3) is 0 Å². The number of aromatic nitrogens is 15. The van der Waals surface area contributed by atoms with Gasteiger partial charge in [0.1, 0.15) is 0 Å². The molecule has 3 aromatic carbocycles. The van der Waals surface area contributed by atoms with Gasteiger partial charge >= 0.3 is 0 Å². The van der Waals surface area contributed by atoms with Crippen molar-refractivity contribution < 1.29 is 14.4 Å². The van der Waals surface area contributed by atoms with Crippen LogP contribution in [0.2, 0.25) is 0 Å². The van der Waals surface area contributed by atoms with Crippen LogP contribution < -0.4 is 25.8 Å². The van der Waals surface area contributed by atoms with Gasteiger partial charge in [-0.25, -0.2) is 29.9 Å². The Morgan fingerprint density at radius 1 is 0.402 bits per heavy atom. The molecule has 0 radical (unpaired) electrons. The van der Waals surface area contributed by atoms with Crippen molar-refractivity contribution in [2.24, 2.45) is 5.41 Å². The molecule has 0 bridgehead atoms. The Balaban J connectivity index is 0.000000123. The Kier molecular flexibility index (Phi) is 21.4. The van der Waals surface area contributed by atoms with Crippen LogP contribution in [0.25, 0.3) is 0 Å². The van der Waals surface area contributed by atoms with Gasteiger partial charge in [-0.1, -0.05) is 72.8 Å². The first-order valence-corrected chi connectivity index (χ1v) is 38.5. The Hall–Kier alpha value is -10.4. The summed E-state index contributed by atoms with van der Waals surface area (Å²) in [6, 6.07) is 26.9. The number of nitrogens with one attached hydrogen (secondary N) is 6. The Morgan fingerprint density at radius 2 is 0.729 bits per heavy atom. The second-order valence-electron chi connectivity index (χ2n) is 30.8. The number of likely N-dealkylation sites (tertiary alicyclic amines) is 1. The fraction of sp³-hybridized carbons (Fsp3) is 0.500. The number of benzene rings is 3. The summed E-state index contributed by atoms with van der Waals surface area (Å²) in [7, 11) is 0. The highest BCUT2D eigenvalue weighted by Gasteiger charge is 2.38. The first kappa shape index (κ1) is 70.9. The van der Waals surface area contributed by atoms with Gasteiger partial charge in [0.05, 0.1) is 75.7 Å². The lowest BCUT2D eigenvalue weighted by molar-refractivity contribution is -0.142. The molecule has 558 valence electrons. The van der Waals surface area contributed by atoms with E-state index in [-0.39, 0.29) is 17.7 Å². The molecule has 0 unspecified atom stereocenters. The van der Waals surface area contributed by atoms with Crippen molar-refractivity contribution in [3.8, 4) is 0 Å². The van der Waals surface area contributed by atoms with Crippen molar-refractivity contribution in [1.82, 2.24) is 106 Å². The van der Waals surface area contributed by atoms with E-state index in [9.17, 15) is 14.4 Å². The summed E-state index contributed by atoms with van der Waals surface area (Å²) in [5.41, 5.74) is 17.4. The largest absolute Gasteiger partial charge is 0.365 e. The molecule has 29 heteroatoms. The fourth-order valence-corrected chi connectivity index (χ4v) is 17.0. The normalized spacial score (nSPS) is 18.6. The minimum absolute atomic E-state index is 0.214. The molecule has 6 N–H and O–H groups in total. The number of anilines is 5. The Morgan fingerprint density at radius 3 is 1.11 bits per heavy atom. The average molecular weight is 1450 g/mol. The summed E-state index contributed by atoms with van der Waals surface area (Å²) in [4.78, 5) is 84.0. The summed E-state index contributed by atoms with van der Waals surface area (Å²) < 4.78 is 0. The van der Waals surface area contributed by atoms with Crippen LogP contribution in [0.1, 0.15) is 119 Å². The molecule has 12 heterocycles. The van der Waals surface area contributed by atoms with Crippen LogP contribution in [0, 0.1) is 5.41 Å². The highest BCUT2D eigenvalue weighted by molar-refractivity contribution is 5.82. The molecule has 3 saturated heterocycles. The highest BCUT2D eigenvalue weighted by Crippen LogP contribution is 2.32. The van der Waals surface area contributed by atoms with Gasteiger partial charge in [0.15, 0.2) is 0 Å². The molecule has 3 amide bonds. The number of H-pyrrole nitrogens is 3. The number of rotatable bonds is 18. The molecule has 107 heavy (non-hydrogen) atoms. The van der Waals surface area contributed by atoms with Crippen LogP contribution in [0.3, 0.4) is 0 Å². The van der Waals surface area contributed by atoms with Gasteiger partial charge in [0, 0.05) is 187 Å². The van der Waals surface area contributed by atoms with Crippen LogP contribution in [-0.4, -0.2) is 246 Å². The van der Waals surface area contributed by atoms with Crippen molar-refractivity contribution in [3.63, 3.8) is 0 Å². The quantitative estimate of drug-likeness (QED) is 0.0617. The first-order valence-electron chi connectivity index (χ1n) is 38.5. The third kappa shape index (κ3) is 17.2. The van der Waals surface area contributed by atoms with Gasteiger partial charge in [-0.3, -0.25) is 29.1 Å². The zero-order chi connectivity index (χ0) is 72.6. The number of aromatic amines is 3. The third-order valence-electron chi connectivity index (χ3n) is 23.1. The van der Waals surface area contributed by atoms with Gasteiger partial charge in [-0.2, -0.15) is 46.2 Å². The smallest absolute Gasteiger partial charge is 0.229 e. The minimum Gasteiger partial charge on any atom is -0.365 e. The van der Waals surface area contributed by atoms with Crippen LogP contribution >= 0.6 is 0 Å². The topological polar surface area (TPSA) is 315 Å². The van der Waals surface area contributed by atoms with E-state index in [0.717, 1.165) is 221 Å². The number of fused-ring (bicyclic) bond motifs is 6. The zero-order valence-electron chi connectivity index (χ0n) is 61.5. The molecule has 9 aliphatic rings. The number of amides is 3. The summed E-state index contributed by atoms with van der Waals surface area (Å²) in [5.74, 6) is 3.16. The maximum atomic E-state index is 13.4. The molecule has 9 aromatic rings. The van der Waals surface area contributed by atoms with Crippen LogP contribution in [0.5, 0.6) is 0 Å². The predicted molar refractivity (Wildman–Crippen MR) is 405 cm³/mol. The lowest BCUT2D eigenvalue weighted by Gasteiger charge is -2.41. The van der Waals surface area contributed by atoms with Crippen LogP contribution in [-0.2, 0) is 91.8 Å². The first-order chi connectivity index (χ1) is 52.4. The average Bonchev–Trinajstić information content (AvgIpc) is 1.38. The summed E-state index contributed by atoms with van der Waals surface area (Å²) in [6.07, 6.45) is 23.3. The Labute approximate surface area is 623 Å². The van der Waals surface area contributed by atoms with Crippen molar-refractivity contribution in [1.29, 1.82) is 0 Å². The lowest BCUT2D eigenvalue weighted by Crippen LogP contribution is -2.54. The highest BCUT2D eigenvalue weighted by atomic mass is 16.2. The number of hydrogen-bond donors (Lipinski definition) is 6. The molecule has 18 rings (SSSR count). The zero-order valence-corrected chi connectivity index (χ0v) is 61.5. The molecule has 0 saturated carbocycles. The van der Waals surface area contributed by atoms with Crippen molar-refractivity contribution >= 4 is 46.9 Å². The van der Waals surface area contributed by atoms with Crippen LogP contribution in [0.4, 0.5) is 29.2 Å². The van der Waals surface area contributed by atoms with Crippen molar-refractivity contribution in [3.05, 3.63) is 183 Å². The third-order valence-corrected chi connectivity index (χ3v) is 23.1. The van der Waals surface area contributed by atoms with E-state index in [1.807, 2.05) is 51.9 Å². The number of carbonyl (C=O) groups excluding carboxylic acids is 3. The monoisotopic (exact) mass is 1450 g/mol. The van der Waals surface area contributed by atoms with E-state index >= 15 is 0 Å². The lowest BCUT2D eigenvalue weighted by atomic mass is 9.89. The van der Waals surface area contributed by atoms with E-state index in [2.05, 4.69) is 203 Å². The number of nitrogens with zero attached hydrogens (tertiary/aromatic N) is 20. The predicted octanol–water partition coefficient (Wildman–Crippen LogP) is 5.51. The second-order valence-corrected chi connectivity index (χ2v) is 30.8. The maximum Gasteiger partial charge on any atom is 0.229 e. The van der Waals surface area contributed by atoms with Crippen molar-refractivity contribution in [2.45, 2.75) is 141 Å². The number of carbonyl (C=O) groups is 3. The molecule has 6 aromatic heterocycles. The molecular weight excluding hydrogens is 1350 g/mol. The summed E-state index contributed by atoms with van der Waals surface area (Å²) in [5, 5.41) is 43.8. The van der Waals surface area contributed by atoms with Crippen LogP contribution in [0.15, 0.2) is 110 Å². The van der Waals surface area contributed by atoms with E-state index in [4.69, 9.17) is 0 Å². The summed E-state index contributed by atoms with van der Waals surface area (Å²) in [6.45, 7) is 19.1. The molecule has 0 atom stereocenters. The van der Waals surface area contributed by atoms with E-state index in [1.54, 1.807) is 0 Å².